The predicted molar refractivity (Wildman–Crippen MR) is 93.0 cm³/mol. The lowest BCUT2D eigenvalue weighted by Crippen LogP contribution is -2.41. The minimum atomic E-state index is -0.908. The molecule has 2 aliphatic rings. The van der Waals surface area contributed by atoms with Crippen LogP contribution in [0.3, 0.4) is 0 Å². The summed E-state index contributed by atoms with van der Waals surface area (Å²) in [5, 5.41) is 2.56. The van der Waals surface area contributed by atoms with Crippen molar-refractivity contribution in [1.82, 2.24) is 4.90 Å². The van der Waals surface area contributed by atoms with Crippen molar-refractivity contribution >= 4 is 23.5 Å². The van der Waals surface area contributed by atoms with Gasteiger partial charge in [0.05, 0.1) is 5.92 Å². The van der Waals surface area contributed by atoms with E-state index in [0.29, 0.717) is 18.7 Å². The van der Waals surface area contributed by atoms with E-state index in [1.54, 1.807) is 11.8 Å². The lowest BCUT2D eigenvalue weighted by atomic mass is 9.90. The third-order valence-corrected chi connectivity index (χ3v) is 4.90. The summed E-state index contributed by atoms with van der Waals surface area (Å²) in [6.07, 6.45) is 3.12. The fourth-order valence-electron chi connectivity index (χ4n) is 3.50. The van der Waals surface area contributed by atoms with E-state index in [-0.39, 0.29) is 23.9 Å². The molecular weight excluding hydrogens is 339 g/mol. The molecule has 2 atom stereocenters. The van der Waals surface area contributed by atoms with Crippen LogP contribution < -0.4 is 5.32 Å². The molecule has 3 rings (SSSR count). The number of likely N-dealkylation sites (tertiary alicyclic amines) is 1. The van der Waals surface area contributed by atoms with Crippen LogP contribution in [-0.4, -0.2) is 41.9 Å². The lowest BCUT2D eigenvalue weighted by molar-refractivity contribution is -0.160. The average Bonchev–Trinajstić information content (AvgIpc) is 2.89. The van der Waals surface area contributed by atoms with Gasteiger partial charge in [0.2, 0.25) is 5.91 Å². The van der Waals surface area contributed by atoms with Gasteiger partial charge in [-0.05, 0) is 37.5 Å². The van der Waals surface area contributed by atoms with Gasteiger partial charge in [0.15, 0.2) is 6.10 Å². The third-order valence-electron chi connectivity index (χ3n) is 4.90. The molecule has 0 aliphatic carbocycles. The molecular formula is C19H23FN2O4. The van der Waals surface area contributed by atoms with Crippen LogP contribution in [0.4, 0.5) is 10.1 Å². The Morgan fingerprint density at radius 2 is 1.92 bits per heavy atom. The van der Waals surface area contributed by atoms with Crippen molar-refractivity contribution in [1.29, 1.82) is 0 Å². The molecule has 7 heteroatoms. The van der Waals surface area contributed by atoms with Crippen LogP contribution in [0.1, 0.15) is 50.5 Å². The summed E-state index contributed by atoms with van der Waals surface area (Å²) in [6, 6.07) is 3.89. The zero-order chi connectivity index (χ0) is 18.7. The molecule has 1 N–H and O–H groups in total. The second-order valence-corrected chi connectivity index (χ2v) is 6.86. The molecule has 140 valence electrons. The number of nitrogens with zero attached hydrogens (tertiary/aromatic N) is 1. The molecule has 2 aliphatic heterocycles. The zero-order valence-electron chi connectivity index (χ0n) is 14.8. The number of fused-ring (bicyclic) bond motifs is 1. The monoisotopic (exact) mass is 362 g/mol. The minimum Gasteiger partial charge on any atom is -0.452 e. The lowest BCUT2D eigenvalue weighted by Gasteiger charge is -2.27. The standard InChI is InChI=1S/C19H23FN2O4/c1-12(18(24)22-8-4-2-3-5-9-22)26-19(25)15-11-17(23)21-16-10-13(20)6-7-14(15)16/h6-7,10,12,15H,2-5,8-9,11H2,1H3,(H,21,23)/t12-,15-/m0/s1. The number of rotatable bonds is 3. The summed E-state index contributed by atoms with van der Waals surface area (Å²) in [7, 11) is 0. The minimum absolute atomic E-state index is 0.0813. The van der Waals surface area contributed by atoms with Gasteiger partial charge in [-0.25, -0.2) is 4.39 Å². The van der Waals surface area contributed by atoms with Crippen LogP contribution in [0.2, 0.25) is 0 Å². The largest absolute Gasteiger partial charge is 0.452 e. The van der Waals surface area contributed by atoms with E-state index >= 15 is 0 Å². The van der Waals surface area contributed by atoms with Crippen molar-refractivity contribution in [2.45, 2.75) is 51.0 Å². The molecule has 1 aromatic carbocycles. The first kappa shape index (κ1) is 18.4. The number of carbonyl (C=O) groups is 3. The highest BCUT2D eigenvalue weighted by atomic mass is 19.1. The number of hydrogen-bond donors (Lipinski definition) is 1. The van der Waals surface area contributed by atoms with Crippen molar-refractivity contribution < 1.29 is 23.5 Å². The average molecular weight is 362 g/mol. The Morgan fingerprint density at radius 1 is 1.23 bits per heavy atom. The topological polar surface area (TPSA) is 75.7 Å². The van der Waals surface area contributed by atoms with Gasteiger partial charge in [0.1, 0.15) is 5.82 Å². The van der Waals surface area contributed by atoms with Crippen molar-refractivity contribution in [2.24, 2.45) is 0 Å². The first-order valence-electron chi connectivity index (χ1n) is 9.04. The number of benzene rings is 1. The summed E-state index contributed by atoms with van der Waals surface area (Å²) >= 11 is 0. The molecule has 0 saturated carbocycles. The molecule has 0 bridgehead atoms. The first-order valence-corrected chi connectivity index (χ1v) is 9.04. The van der Waals surface area contributed by atoms with E-state index in [2.05, 4.69) is 5.32 Å². The number of ether oxygens (including phenoxy) is 1. The van der Waals surface area contributed by atoms with Gasteiger partial charge in [-0.1, -0.05) is 18.9 Å². The van der Waals surface area contributed by atoms with E-state index in [1.165, 1.54) is 18.2 Å². The summed E-state index contributed by atoms with van der Waals surface area (Å²) < 4.78 is 18.8. The number of hydrogen-bond acceptors (Lipinski definition) is 4. The van der Waals surface area contributed by atoms with Crippen molar-refractivity contribution in [3.8, 4) is 0 Å². The molecule has 26 heavy (non-hydrogen) atoms. The molecule has 0 radical (unpaired) electrons. The van der Waals surface area contributed by atoms with E-state index < -0.39 is 23.8 Å². The van der Waals surface area contributed by atoms with E-state index in [9.17, 15) is 18.8 Å². The first-order chi connectivity index (χ1) is 12.5. The fraction of sp³-hybridized carbons (Fsp3) is 0.526. The Balaban J connectivity index is 1.69. The van der Waals surface area contributed by atoms with Gasteiger partial charge in [0.25, 0.3) is 5.91 Å². The van der Waals surface area contributed by atoms with E-state index in [0.717, 1.165) is 25.7 Å². The van der Waals surface area contributed by atoms with Crippen LogP contribution in [0.15, 0.2) is 18.2 Å². The van der Waals surface area contributed by atoms with Gasteiger partial charge in [-0.3, -0.25) is 14.4 Å². The predicted octanol–water partition coefficient (Wildman–Crippen LogP) is 2.59. The van der Waals surface area contributed by atoms with Gasteiger partial charge in [0, 0.05) is 25.2 Å². The Bertz CT molecular complexity index is 713. The van der Waals surface area contributed by atoms with E-state index in [1.807, 2.05) is 0 Å². The van der Waals surface area contributed by atoms with Crippen LogP contribution in [0.25, 0.3) is 0 Å². The van der Waals surface area contributed by atoms with Crippen LogP contribution in [0.5, 0.6) is 0 Å². The molecule has 1 saturated heterocycles. The Morgan fingerprint density at radius 3 is 2.62 bits per heavy atom. The normalized spacial score (nSPS) is 21.2. The summed E-state index contributed by atoms with van der Waals surface area (Å²) in [4.78, 5) is 38.7. The van der Waals surface area contributed by atoms with E-state index in [4.69, 9.17) is 4.74 Å². The van der Waals surface area contributed by atoms with Gasteiger partial charge >= 0.3 is 5.97 Å². The number of amides is 2. The number of esters is 1. The molecule has 1 aromatic rings. The smallest absolute Gasteiger partial charge is 0.314 e. The molecule has 0 aromatic heterocycles. The molecule has 1 fully saturated rings. The molecule has 6 nitrogen and oxygen atoms in total. The quantitative estimate of drug-likeness (QED) is 0.839. The highest BCUT2D eigenvalue weighted by Crippen LogP contribution is 2.33. The second kappa shape index (κ2) is 7.85. The summed E-state index contributed by atoms with van der Waals surface area (Å²) in [6.45, 7) is 2.91. The zero-order valence-corrected chi connectivity index (χ0v) is 14.8. The Kier molecular flexibility index (Phi) is 5.54. The van der Waals surface area contributed by atoms with Gasteiger partial charge in [-0.15, -0.1) is 0 Å². The SMILES string of the molecule is C[C@H](OC(=O)[C@H]1CC(=O)Nc2cc(F)ccc21)C(=O)N1CCCCCC1. The summed E-state index contributed by atoms with van der Waals surface area (Å²) in [5.74, 6) is -2.55. The van der Waals surface area contributed by atoms with Crippen LogP contribution in [0, 0.1) is 5.82 Å². The Labute approximate surface area is 151 Å². The third kappa shape index (κ3) is 4.03. The highest BCUT2D eigenvalue weighted by molar-refractivity contribution is 6.00. The molecule has 2 heterocycles. The molecule has 0 unspecified atom stereocenters. The maximum Gasteiger partial charge on any atom is 0.314 e. The number of carbonyl (C=O) groups excluding carboxylic acids is 3. The van der Waals surface area contributed by atoms with Gasteiger partial charge in [-0.2, -0.15) is 0 Å². The highest BCUT2D eigenvalue weighted by Gasteiger charge is 2.34. The number of nitrogens with one attached hydrogen (secondary N) is 1. The maximum absolute atomic E-state index is 13.4. The maximum atomic E-state index is 13.4. The van der Waals surface area contributed by atoms with Crippen LogP contribution >= 0.6 is 0 Å². The number of anilines is 1. The molecule has 2 amide bonds. The van der Waals surface area contributed by atoms with Crippen molar-refractivity contribution in [3.05, 3.63) is 29.6 Å². The number of halogens is 1. The van der Waals surface area contributed by atoms with Gasteiger partial charge < -0.3 is 15.0 Å². The molecule has 0 spiro atoms. The summed E-state index contributed by atoms with van der Waals surface area (Å²) in [5.41, 5.74) is 0.778. The Hall–Kier alpha value is -2.44. The van der Waals surface area contributed by atoms with Crippen molar-refractivity contribution in [3.63, 3.8) is 0 Å². The van der Waals surface area contributed by atoms with Crippen LogP contribution in [-0.2, 0) is 19.1 Å². The second-order valence-electron chi connectivity index (χ2n) is 6.86. The van der Waals surface area contributed by atoms with Crippen molar-refractivity contribution in [2.75, 3.05) is 18.4 Å². The fourth-order valence-corrected chi connectivity index (χ4v) is 3.50.